The fourth-order valence-corrected chi connectivity index (χ4v) is 4.76. The van der Waals surface area contributed by atoms with Gasteiger partial charge in [-0.15, -0.1) is 0 Å². The maximum Gasteiger partial charge on any atom is 0.346 e. The van der Waals surface area contributed by atoms with Crippen LogP contribution in [0.15, 0.2) is 48.5 Å². The van der Waals surface area contributed by atoms with E-state index in [-0.39, 0.29) is 166 Å². The Balaban J connectivity index is 0. The molecule has 0 amide bonds. The Morgan fingerprint density at radius 3 is 2.21 bits per heavy atom. The Hall–Kier alpha value is 3.14. The summed E-state index contributed by atoms with van der Waals surface area (Å²) >= 11 is 0. The van der Waals surface area contributed by atoms with E-state index in [1.54, 1.807) is 30.3 Å². The normalized spacial score (nSPS) is 12.0. The molecular formula is C16H18FK3O7PS. The summed E-state index contributed by atoms with van der Waals surface area (Å²) in [5, 5.41) is 0. The van der Waals surface area contributed by atoms with Crippen molar-refractivity contribution in [1.82, 2.24) is 0 Å². The Bertz CT molecular complexity index is 924. The second-order valence-corrected chi connectivity index (χ2v) is 9.38. The molecule has 0 fully saturated rings. The minimum atomic E-state index is -4.98. The van der Waals surface area contributed by atoms with Crippen LogP contribution in [-0.4, -0.2) is 182 Å². The van der Waals surface area contributed by atoms with Gasteiger partial charge in [0, 0.05) is 154 Å². The third-order valence-electron chi connectivity index (χ3n) is 3.60. The molecule has 2 rings (SSSR count). The summed E-state index contributed by atoms with van der Waals surface area (Å²) in [6.07, 6.45) is 0.000714. The van der Waals surface area contributed by atoms with Crippen LogP contribution < -0.4 is 4.74 Å². The Morgan fingerprint density at radius 1 is 1.03 bits per heavy atom. The molecule has 3 N–H and O–H groups in total. The second-order valence-electron chi connectivity index (χ2n) is 5.63. The largest absolute Gasteiger partial charge is 0.454 e. The number of hydrogen-bond donors (Lipinski definition) is 3. The maximum atomic E-state index is 13.6. The molecule has 2 aromatic carbocycles. The van der Waals surface area contributed by atoms with Crippen molar-refractivity contribution in [3.63, 3.8) is 0 Å². The van der Waals surface area contributed by atoms with Crippen LogP contribution in [0.1, 0.15) is 18.4 Å². The third kappa shape index (κ3) is 12.4. The smallest absolute Gasteiger partial charge is 0.346 e. The van der Waals surface area contributed by atoms with Gasteiger partial charge in [-0.2, -0.15) is 8.42 Å². The summed E-state index contributed by atoms with van der Waals surface area (Å²) in [6.45, 7) is 0. The van der Waals surface area contributed by atoms with Gasteiger partial charge in [0.15, 0.2) is 16.6 Å². The van der Waals surface area contributed by atoms with Crippen molar-refractivity contribution in [3.8, 4) is 11.5 Å². The third-order valence-corrected chi connectivity index (χ3v) is 7.15. The van der Waals surface area contributed by atoms with E-state index in [0.717, 1.165) is 0 Å². The van der Waals surface area contributed by atoms with Crippen LogP contribution in [0, 0.1) is 5.82 Å². The number of para-hydroxylation sites is 1. The van der Waals surface area contributed by atoms with Crippen molar-refractivity contribution in [2.24, 2.45) is 0 Å². The second kappa shape index (κ2) is 15.9. The zero-order valence-electron chi connectivity index (χ0n) is 16.5. The average molecular weight is 522 g/mol. The zero-order chi connectivity index (χ0) is 19.4. The zero-order valence-corrected chi connectivity index (χ0v) is 27.6. The van der Waals surface area contributed by atoms with Crippen LogP contribution in [0.2, 0.25) is 0 Å². The van der Waals surface area contributed by atoms with Crippen LogP contribution in [-0.2, 0) is 21.1 Å². The van der Waals surface area contributed by atoms with Crippen LogP contribution in [0.5, 0.6) is 11.5 Å². The van der Waals surface area contributed by atoms with Crippen molar-refractivity contribution in [2.45, 2.75) is 24.3 Å². The minimum absolute atomic E-state index is 0. The molecule has 1 atom stereocenters. The van der Waals surface area contributed by atoms with Gasteiger partial charge in [-0.3, -0.25) is 9.12 Å². The molecule has 0 spiro atoms. The number of aryl methyl sites for hydroxylation is 1. The van der Waals surface area contributed by atoms with Crippen molar-refractivity contribution in [2.75, 3.05) is 0 Å². The van der Waals surface area contributed by atoms with Gasteiger partial charge < -0.3 is 14.5 Å². The first kappa shape index (κ1) is 34.3. The van der Waals surface area contributed by atoms with Gasteiger partial charge in [0.05, 0.1) is 0 Å². The number of halogens is 1. The summed E-state index contributed by atoms with van der Waals surface area (Å²) in [4.78, 5) is 16.0. The molecule has 0 aliphatic heterocycles. The molecule has 0 bridgehead atoms. The molecule has 29 heavy (non-hydrogen) atoms. The summed E-state index contributed by atoms with van der Waals surface area (Å²) in [5.41, 5.74) is 0.707. The van der Waals surface area contributed by atoms with E-state index < -0.39 is 34.9 Å². The van der Waals surface area contributed by atoms with E-state index in [9.17, 15) is 17.4 Å². The van der Waals surface area contributed by atoms with E-state index in [2.05, 4.69) is 0 Å². The molecule has 1 unspecified atom stereocenters. The first-order valence-corrected chi connectivity index (χ1v) is 10.8. The molecule has 145 valence electrons. The van der Waals surface area contributed by atoms with Crippen molar-refractivity contribution >= 4 is 172 Å². The predicted molar refractivity (Wildman–Crippen MR) is 110 cm³/mol. The summed E-state index contributed by atoms with van der Waals surface area (Å²) in [7, 11) is -9.84. The van der Waals surface area contributed by atoms with Crippen LogP contribution in [0.25, 0.3) is 0 Å². The predicted octanol–water partition coefficient (Wildman–Crippen LogP) is 2.19. The van der Waals surface area contributed by atoms with E-state index in [1.807, 2.05) is 0 Å². The van der Waals surface area contributed by atoms with Gasteiger partial charge in [0.25, 0.3) is 10.1 Å². The number of benzene rings is 2. The first-order chi connectivity index (χ1) is 12.1. The molecule has 0 aromatic heterocycles. The molecule has 7 nitrogen and oxygen atoms in total. The minimum Gasteiger partial charge on any atom is -0.454 e. The Labute approximate surface area is 297 Å². The van der Waals surface area contributed by atoms with E-state index in [1.165, 1.54) is 18.2 Å². The molecule has 0 aliphatic rings. The summed E-state index contributed by atoms with van der Waals surface area (Å²) in [6, 6.07) is 12.5. The van der Waals surface area contributed by atoms with Gasteiger partial charge in [-0.05, 0) is 49.1 Å². The molecule has 0 aliphatic carbocycles. The molecule has 0 heterocycles. The van der Waals surface area contributed by atoms with Crippen molar-refractivity contribution in [3.05, 3.63) is 59.9 Å². The topological polar surface area (TPSA) is 121 Å². The van der Waals surface area contributed by atoms with Crippen LogP contribution >= 0.6 is 7.60 Å². The fraction of sp³-hybridized carbons (Fsp3) is 0.250. The standard InChI is InChI=1S/C16H18FO7PS.3K/c17-14-8-1-2-9-15(14)24-13-7-3-5-12(11-13)6-4-10-16(25(18,19)20)26(21,22)23;;;/h1-3,5,7-9,11,16H,4,6,10H2,(H2,18,19,20)(H,21,22,23);;;. The molecule has 13 heteroatoms. The van der Waals surface area contributed by atoms with Crippen LogP contribution in [0.4, 0.5) is 4.39 Å². The SMILES string of the molecule is O=P(O)(O)C(CCCc1cccc(Oc2ccccc2F)c1)S(=O)(=O)O.[K].[K].[K]. The molecule has 2 aromatic rings. The van der Waals surface area contributed by atoms with Crippen LogP contribution in [0.3, 0.4) is 0 Å². The Morgan fingerprint density at radius 2 is 1.66 bits per heavy atom. The number of rotatable bonds is 8. The van der Waals surface area contributed by atoms with Crippen molar-refractivity contribution in [1.29, 1.82) is 0 Å². The fourth-order valence-electron chi connectivity index (χ4n) is 2.39. The molecular weight excluding hydrogens is 504 g/mol. The van der Waals surface area contributed by atoms with Gasteiger partial charge >= 0.3 is 7.60 Å². The first-order valence-electron chi connectivity index (χ1n) is 7.60. The van der Waals surface area contributed by atoms with Gasteiger partial charge in [-0.25, -0.2) is 4.39 Å². The molecule has 0 saturated carbocycles. The van der Waals surface area contributed by atoms with E-state index in [0.29, 0.717) is 17.7 Å². The summed E-state index contributed by atoms with van der Waals surface area (Å²) in [5.74, 6) is -0.0953. The molecule has 3 radical (unpaired) electrons. The quantitative estimate of drug-likeness (QED) is 0.277. The monoisotopic (exact) mass is 521 g/mol. The maximum absolute atomic E-state index is 13.6. The number of hydrogen-bond acceptors (Lipinski definition) is 4. The van der Waals surface area contributed by atoms with E-state index in [4.69, 9.17) is 19.1 Å². The van der Waals surface area contributed by atoms with Gasteiger partial charge in [-0.1, -0.05) is 24.3 Å². The van der Waals surface area contributed by atoms with Gasteiger partial charge in [0.2, 0.25) is 0 Å². The van der Waals surface area contributed by atoms with Crippen molar-refractivity contribution < 1.29 is 36.4 Å². The van der Waals surface area contributed by atoms with Gasteiger partial charge in [0.1, 0.15) is 5.75 Å². The number of ether oxygens (including phenoxy) is 1. The average Bonchev–Trinajstić information content (AvgIpc) is 2.52. The summed E-state index contributed by atoms with van der Waals surface area (Å²) < 4.78 is 61.5. The Kier molecular flexibility index (Phi) is 18.8. The molecule has 0 saturated heterocycles. The van der Waals surface area contributed by atoms with E-state index >= 15 is 0 Å².